The number of likely N-dealkylation sites (tertiary alicyclic amines) is 1. The van der Waals surface area contributed by atoms with Gasteiger partial charge in [0.1, 0.15) is 5.82 Å². The molecule has 3 N–H and O–H groups in total. The van der Waals surface area contributed by atoms with Gasteiger partial charge in [0, 0.05) is 48.7 Å². The lowest BCUT2D eigenvalue weighted by molar-refractivity contribution is 0.102. The summed E-state index contributed by atoms with van der Waals surface area (Å²) in [7, 11) is 0.602. The average Bonchev–Trinajstić information content (AvgIpc) is 3.42. The smallest absolute Gasteiger partial charge is 0.255 e. The van der Waals surface area contributed by atoms with Crippen LogP contribution in [-0.2, 0) is 6.54 Å². The van der Waals surface area contributed by atoms with Gasteiger partial charge in [0.05, 0.1) is 17.6 Å². The molecule has 4 atom stereocenters. The largest absolute Gasteiger partial charge is 0.392 e. The molecule has 0 bridgehead atoms. The molecule has 2 aromatic rings. The molecule has 246 valence electrons. The molecule has 3 unspecified atom stereocenters. The van der Waals surface area contributed by atoms with Gasteiger partial charge < -0.3 is 10.4 Å². The molecular formula is C37H54FN4O2P. The van der Waals surface area contributed by atoms with Crippen LogP contribution in [0.15, 0.2) is 58.5 Å². The number of anilines is 1. The Bertz CT molecular complexity index is 1350. The second kappa shape index (κ2) is 18.4. The van der Waals surface area contributed by atoms with Crippen molar-refractivity contribution < 1.29 is 14.3 Å². The lowest BCUT2D eigenvalue weighted by atomic mass is 10.0. The number of allylic oxidation sites excluding steroid dienone is 3. The first-order valence-corrected chi connectivity index (χ1v) is 17.8. The minimum Gasteiger partial charge on any atom is -0.392 e. The van der Waals surface area contributed by atoms with Gasteiger partial charge in [-0.3, -0.25) is 20.0 Å². The number of rotatable bonds is 11. The van der Waals surface area contributed by atoms with Gasteiger partial charge in [0.15, 0.2) is 0 Å². The standard InChI is InChI=1S/C34H46FN4O2P.C3H8/c1-6-8-10-31-32(11-9-7-2)42-33(19-36-31)37-24(5)28-18-26(13-12-22(28)3)38-34(41)25-16-23(4)29(30(35)17-25)21-39-15-14-27(40)20-39;1-3-2/h10-13,16-19,24,27,33,37,40,42H,6-9,14-15,20-21H2,1-5H3,(H,38,41);3H2,1-2H3/b31-10+,32-11-;/t24?,27-,33?;/m1./s1. The molecule has 0 saturated carbocycles. The highest BCUT2D eigenvalue weighted by molar-refractivity contribution is 7.45. The van der Waals surface area contributed by atoms with Gasteiger partial charge in [0.25, 0.3) is 5.91 Å². The van der Waals surface area contributed by atoms with Crippen molar-refractivity contribution in [3.63, 3.8) is 0 Å². The van der Waals surface area contributed by atoms with Crippen LogP contribution in [0.4, 0.5) is 10.1 Å². The van der Waals surface area contributed by atoms with Crippen LogP contribution in [0.25, 0.3) is 0 Å². The van der Waals surface area contributed by atoms with E-state index in [9.17, 15) is 9.90 Å². The summed E-state index contributed by atoms with van der Waals surface area (Å²) >= 11 is 0. The summed E-state index contributed by atoms with van der Waals surface area (Å²) in [5.41, 5.74) is 5.63. The molecular weight excluding hydrogens is 582 g/mol. The fourth-order valence-corrected chi connectivity index (χ4v) is 6.91. The number of nitrogens with one attached hydrogen (secondary N) is 2. The number of carbonyl (C=O) groups is 1. The van der Waals surface area contributed by atoms with Crippen molar-refractivity contribution >= 4 is 26.4 Å². The molecule has 1 amide bonds. The maximum Gasteiger partial charge on any atom is 0.255 e. The summed E-state index contributed by atoms with van der Waals surface area (Å²) in [6, 6.07) is 9.01. The summed E-state index contributed by atoms with van der Waals surface area (Å²) in [5, 5.41) is 17.8. The van der Waals surface area contributed by atoms with Gasteiger partial charge in [-0.2, -0.15) is 0 Å². The van der Waals surface area contributed by atoms with Crippen LogP contribution >= 0.6 is 8.58 Å². The normalized spacial score (nSPS) is 21.3. The third kappa shape index (κ3) is 11.0. The molecule has 4 rings (SSSR count). The van der Waals surface area contributed by atoms with Crippen LogP contribution < -0.4 is 10.6 Å². The molecule has 2 heterocycles. The monoisotopic (exact) mass is 636 g/mol. The summed E-state index contributed by atoms with van der Waals surface area (Å²) < 4.78 is 15.1. The van der Waals surface area contributed by atoms with Crippen molar-refractivity contribution in [1.82, 2.24) is 10.2 Å². The molecule has 1 saturated heterocycles. The van der Waals surface area contributed by atoms with Crippen LogP contribution in [0.3, 0.4) is 0 Å². The number of aryl methyl sites for hydroxylation is 2. The maximum absolute atomic E-state index is 15.1. The Morgan fingerprint density at radius 1 is 1.11 bits per heavy atom. The maximum atomic E-state index is 15.1. The number of halogens is 1. The number of carbonyl (C=O) groups excluding carboxylic acids is 1. The summed E-state index contributed by atoms with van der Waals surface area (Å²) in [5.74, 6) is -0.583. The van der Waals surface area contributed by atoms with E-state index in [2.05, 4.69) is 64.3 Å². The quantitative estimate of drug-likeness (QED) is 0.216. The Kier molecular flexibility index (Phi) is 15.1. The first-order chi connectivity index (χ1) is 21.6. The number of hydrogen-bond acceptors (Lipinski definition) is 5. The summed E-state index contributed by atoms with van der Waals surface area (Å²) in [4.78, 5) is 20.0. The second-order valence-corrected chi connectivity index (χ2v) is 13.7. The van der Waals surface area contributed by atoms with Crippen molar-refractivity contribution in [3.05, 3.63) is 87.1 Å². The number of β-amino-alcohol motifs (C(OH)–C–C–N with tert-alkyl or cyclic N) is 1. The van der Waals surface area contributed by atoms with Crippen LogP contribution in [0.5, 0.6) is 0 Å². The zero-order valence-corrected chi connectivity index (χ0v) is 29.3. The Balaban J connectivity index is 0.00000177. The lowest BCUT2D eigenvalue weighted by Gasteiger charge is -2.26. The number of hydrogen-bond donors (Lipinski definition) is 3. The minimum absolute atomic E-state index is 0.0440. The number of unbranched alkanes of at least 4 members (excludes halogenated alkanes) is 2. The van der Waals surface area contributed by atoms with Gasteiger partial charge in [-0.25, -0.2) is 4.39 Å². The second-order valence-electron chi connectivity index (χ2n) is 12.2. The van der Waals surface area contributed by atoms with Crippen LogP contribution in [0.1, 0.15) is 112 Å². The molecule has 45 heavy (non-hydrogen) atoms. The molecule has 0 radical (unpaired) electrons. The van der Waals surface area contributed by atoms with Crippen molar-refractivity contribution in [2.24, 2.45) is 4.99 Å². The minimum atomic E-state index is -0.390. The van der Waals surface area contributed by atoms with Gasteiger partial charge >= 0.3 is 0 Å². The first-order valence-electron chi connectivity index (χ1n) is 16.7. The summed E-state index contributed by atoms with van der Waals surface area (Å²) in [6.45, 7) is 16.4. The summed E-state index contributed by atoms with van der Waals surface area (Å²) in [6.07, 6.45) is 12.5. The molecule has 1 fully saturated rings. The highest BCUT2D eigenvalue weighted by Gasteiger charge is 2.23. The Morgan fingerprint density at radius 2 is 1.82 bits per heavy atom. The molecule has 2 aromatic carbocycles. The van der Waals surface area contributed by atoms with Crippen LogP contribution in [-0.4, -0.2) is 47.1 Å². The van der Waals surface area contributed by atoms with Crippen molar-refractivity contribution in [2.45, 2.75) is 111 Å². The van der Waals surface area contributed by atoms with Crippen molar-refractivity contribution in [3.8, 4) is 0 Å². The molecule has 0 aliphatic carbocycles. The van der Waals surface area contributed by atoms with Crippen LogP contribution in [0, 0.1) is 19.7 Å². The molecule has 6 nitrogen and oxygen atoms in total. The number of benzene rings is 2. The van der Waals surface area contributed by atoms with E-state index in [1.165, 1.54) is 17.8 Å². The zero-order chi connectivity index (χ0) is 32.9. The molecule has 0 spiro atoms. The SMILES string of the molecule is CCC.CCC/C=C1\PC(NC(C)c2cc(NC(=O)c3cc(C)c(CN4CC[C@@H](O)C4)c(F)c3)ccc2C)C=N\C1=C\CCC. The predicted octanol–water partition coefficient (Wildman–Crippen LogP) is 8.79. The third-order valence-electron chi connectivity index (χ3n) is 7.96. The van der Waals surface area contributed by atoms with E-state index in [1.807, 2.05) is 36.2 Å². The number of aliphatic hydroxyl groups is 1. The predicted molar refractivity (Wildman–Crippen MR) is 190 cm³/mol. The zero-order valence-electron chi connectivity index (χ0n) is 28.3. The van der Waals surface area contributed by atoms with Gasteiger partial charge in [-0.05, 0) is 86.3 Å². The number of aliphatic imine (C=N–C) groups is 1. The van der Waals surface area contributed by atoms with E-state index in [-0.39, 0.29) is 29.7 Å². The molecule has 2 aliphatic rings. The van der Waals surface area contributed by atoms with Gasteiger partial charge in [-0.15, -0.1) is 0 Å². The lowest BCUT2D eigenvalue weighted by Crippen LogP contribution is -2.31. The fourth-order valence-electron chi connectivity index (χ4n) is 5.52. The highest BCUT2D eigenvalue weighted by atomic mass is 31.1. The van der Waals surface area contributed by atoms with E-state index in [4.69, 9.17) is 4.99 Å². The van der Waals surface area contributed by atoms with E-state index < -0.39 is 0 Å². The van der Waals surface area contributed by atoms with Gasteiger partial charge in [0.2, 0.25) is 0 Å². The third-order valence-corrected chi connectivity index (χ3v) is 9.35. The molecule has 8 heteroatoms. The van der Waals surface area contributed by atoms with E-state index >= 15 is 4.39 Å². The molecule has 2 aliphatic heterocycles. The van der Waals surface area contributed by atoms with E-state index in [1.54, 1.807) is 6.07 Å². The number of amides is 1. The highest BCUT2D eigenvalue weighted by Crippen LogP contribution is 2.39. The number of nitrogens with zero attached hydrogens (tertiary/aromatic N) is 2. The van der Waals surface area contributed by atoms with E-state index in [0.717, 1.165) is 54.6 Å². The van der Waals surface area contributed by atoms with Gasteiger partial charge in [-0.1, -0.05) is 73.8 Å². The average molecular weight is 637 g/mol. The Labute approximate surface area is 272 Å². The van der Waals surface area contributed by atoms with Crippen molar-refractivity contribution in [1.29, 1.82) is 0 Å². The number of aliphatic hydroxyl groups excluding tert-OH is 1. The van der Waals surface area contributed by atoms with Crippen molar-refractivity contribution in [2.75, 3.05) is 18.4 Å². The van der Waals surface area contributed by atoms with E-state index in [0.29, 0.717) is 44.9 Å². The molecule has 0 aromatic heterocycles. The fraction of sp³-hybridized carbons (Fsp3) is 0.514. The van der Waals surface area contributed by atoms with Crippen LogP contribution in [0.2, 0.25) is 0 Å². The Morgan fingerprint density at radius 3 is 2.47 bits per heavy atom. The first kappa shape index (κ1) is 36.8. The topological polar surface area (TPSA) is 77.0 Å². The Hall–Kier alpha value is -2.70.